The third kappa shape index (κ3) is 2.33. The van der Waals surface area contributed by atoms with Gasteiger partial charge in [0.2, 0.25) is 0 Å². The van der Waals surface area contributed by atoms with Crippen molar-refractivity contribution in [1.82, 2.24) is 4.98 Å². The van der Waals surface area contributed by atoms with Crippen molar-refractivity contribution in [3.8, 4) is 11.1 Å². The van der Waals surface area contributed by atoms with Crippen molar-refractivity contribution in [3.63, 3.8) is 0 Å². The molecule has 0 bridgehead atoms. The maximum absolute atomic E-state index is 4.83. The third-order valence-corrected chi connectivity index (χ3v) is 4.56. The highest BCUT2D eigenvalue weighted by Gasteiger charge is 2.19. The molecule has 1 aromatic heterocycles. The minimum Gasteiger partial charge on any atom is -0.265 e. The zero-order valence-corrected chi connectivity index (χ0v) is 14.0. The van der Waals surface area contributed by atoms with Gasteiger partial charge in [-0.25, -0.2) is 9.98 Å². The van der Waals surface area contributed by atoms with Crippen molar-refractivity contribution in [3.05, 3.63) is 112 Å². The Hall–Kier alpha value is -3.59. The van der Waals surface area contributed by atoms with Gasteiger partial charge >= 0.3 is 0 Å². The number of rotatable bonds is 0. The first-order chi connectivity index (χ1) is 12.9. The van der Waals surface area contributed by atoms with Gasteiger partial charge in [0.25, 0.3) is 0 Å². The van der Waals surface area contributed by atoms with Crippen LogP contribution in [0.15, 0.2) is 101 Å². The highest BCUT2D eigenvalue weighted by Crippen LogP contribution is 2.38. The molecule has 0 amide bonds. The molecule has 0 unspecified atom stereocenters. The molecule has 0 radical (unpaired) electrons. The first-order valence-corrected chi connectivity index (χ1v) is 8.56. The van der Waals surface area contributed by atoms with Crippen LogP contribution >= 0.6 is 0 Å². The fourth-order valence-electron chi connectivity index (χ4n) is 3.42. The van der Waals surface area contributed by atoms with Gasteiger partial charge in [0.1, 0.15) is 0 Å². The van der Waals surface area contributed by atoms with E-state index in [1.165, 1.54) is 21.6 Å². The normalized spacial score (nSPS) is 11.7. The van der Waals surface area contributed by atoms with Crippen LogP contribution in [0, 0.1) is 10.4 Å². The molecule has 0 aliphatic carbocycles. The lowest BCUT2D eigenvalue weighted by Gasteiger charge is -2.01. The Balaban J connectivity index is 0.000000215. The molecule has 26 heavy (non-hydrogen) atoms. The van der Waals surface area contributed by atoms with E-state index in [1.807, 2.05) is 30.3 Å². The Labute approximate surface area is 150 Å². The zero-order valence-electron chi connectivity index (χ0n) is 14.0. The van der Waals surface area contributed by atoms with E-state index in [9.17, 15) is 0 Å². The molecular formula is C23H15N3. The van der Waals surface area contributed by atoms with E-state index in [1.54, 1.807) is 12.4 Å². The van der Waals surface area contributed by atoms with Crippen LogP contribution in [-0.2, 0) is 0 Å². The third-order valence-electron chi connectivity index (χ3n) is 4.56. The Morgan fingerprint density at radius 1 is 0.538 bits per heavy atom. The lowest BCUT2D eigenvalue weighted by Crippen LogP contribution is -2.00. The summed E-state index contributed by atoms with van der Waals surface area (Å²) in [5.41, 5.74) is 4.48. The number of aromatic nitrogens is 1. The van der Waals surface area contributed by atoms with Gasteiger partial charge in [-0.05, 0) is 36.4 Å². The fraction of sp³-hybridized carbons (Fsp3) is 0. The Morgan fingerprint density at radius 2 is 1.35 bits per heavy atom. The second-order valence-corrected chi connectivity index (χ2v) is 6.14. The summed E-state index contributed by atoms with van der Waals surface area (Å²) in [6, 6.07) is 26.5. The summed E-state index contributed by atoms with van der Waals surface area (Å²) in [6.07, 6.45) is 3.50. The largest absolute Gasteiger partial charge is 0.265 e. The molecule has 0 atom stereocenters. The van der Waals surface area contributed by atoms with Crippen LogP contribution < -0.4 is 10.7 Å². The first-order valence-electron chi connectivity index (χ1n) is 8.56. The molecule has 6 rings (SSSR count). The predicted molar refractivity (Wildman–Crippen MR) is 102 cm³/mol. The molecule has 3 nitrogen and oxygen atoms in total. The quantitative estimate of drug-likeness (QED) is 0.409. The summed E-state index contributed by atoms with van der Waals surface area (Å²) in [5, 5.41) is 4.52. The molecule has 0 fully saturated rings. The molecule has 2 aliphatic rings. The van der Waals surface area contributed by atoms with Crippen LogP contribution in [0.1, 0.15) is 0 Å². The van der Waals surface area contributed by atoms with Gasteiger partial charge in [-0.15, -0.1) is 0 Å². The van der Waals surface area contributed by atoms with Crippen LogP contribution in [0.2, 0.25) is 0 Å². The Kier molecular flexibility index (Phi) is 3.42. The minimum atomic E-state index is 1.03. The summed E-state index contributed by atoms with van der Waals surface area (Å²) in [5.74, 6) is 0. The van der Waals surface area contributed by atoms with Gasteiger partial charge < -0.3 is 0 Å². The maximum Gasteiger partial charge on any atom is 0.0817 e. The maximum atomic E-state index is 4.83. The molecule has 122 valence electrons. The van der Waals surface area contributed by atoms with Gasteiger partial charge in [-0.1, -0.05) is 42.5 Å². The van der Waals surface area contributed by atoms with Crippen LogP contribution in [0.25, 0.3) is 11.1 Å². The summed E-state index contributed by atoms with van der Waals surface area (Å²) in [4.78, 5) is 13.3. The van der Waals surface area contributed by atoms with Crippen molar-refractivity contribution in [1.29, 1.82) is 0 Å². The number of fused-ring (bicyclic) bond motifs is 6. The molecule has 0 saturated heterocycles. The lowest BCUT2D eigenvalue weighted by molar-refractivity contribution is 1.33. The van der Waals surface area contributed by atoms with E-state index in [0.29, 0.717) is 0 Å². The van der Waals surface area contributed by atoms with Gasteiger partial charge in [-0.3, -0.25) is 4.98 Å². The zero-order chi connectivity index (χ0) is 17.3. The first kappa shape index (κ1) is 14.7. The SMILES string of the molecule is c1ccc2c(c1)N=c1ccc3c(c1-2)N=c1ccccc1=3.c1ccncc1. The van der Waals surface area contributed by atoms with Crippen LogP contribution in [0.5, 0.6) is 0 Å². The summed E-state index contributed by atoms with van der Waals surface area (Å²) >= 11 is 0. The second-order valence-electron chi connectivity index (χ2n) is 6.14. The molecule has 3 aromatic carbocycles. The monoisotopic (exact) mass is 333 g/mol. The van der Waals surface area contributed by atoms with Gasteiger partial charge in [0, 0.05) is 34.0 Å². The molecule has 4 aromatic rings. The second kappa shape index (κ2) is 6.05. The van der Waals surface area contributed by atoms with Crippen molar-refractivity contribution in [2.45, 2.75) is 0 Å². The van der Waals surface area contributed by atoms with E-state index in [0.717, 1.165) is 22.1 Å². The van der Waals surface area contributed by atoms with E-state index >= 15 is 0 Å². The van der Waals surface area contributed by atoms with Gasteiger partial charge in [-0.2, -0.15) is 0 Å². The van der Waals surface area contributed by atoms with Crippen molar-refractivity contribution >= 4 is 11.4 Å². The smallest absolute Gasteiger partial charge is 0.0817 e. The fourth-order valence-corrected chi connectivity index (χ4v) is 3.42. The average molecular weight is 333 g/mol. The van der Waals surface area contributed by atoms with E-state index in [2.05, 4.69) is 53.5 Å². The van der Waals surface area contributed by atoms with Crippen molar-refractivity contribution in [2.24, 2.45) is 9.98 Å². The number of pyridine rings is 1. The van der Waals surface area contributed by atoms with Crippen molar-refractivity contribution in [2.75, 3.05) is 0 Å². The van der Waals surface area contributed by atoms with Crippen LogP contribution in [-0.4, -0.2) is 4.98 Å². The summed E-state index contributed by atoms with van der Waals surface area (Å²) in [7, 11) is 0. The van der Waals surface area contributed by atoms with Crippen molar-refractivity contribution < 1.29 is 0 Å². The van der Waals surface area contributed by atoms with Crippen LogP contribution in [0.4, 0.5) is 11.4 Å². The number of nitrogens with zero attached hydrogens (tertiary/aromatic N) is 3. The van der Waals surface area contributed by atoms with Gasteiger partial charge in [0.05, 0.1) is 22.1 Å². The lowest BCUT2D eigenvalue weighted by atomic mass is 10.0. The molecule has 2 aliphatic heterocycles. The summed E-state index contributed by atoms with van der Waals surface area (Å²) < 4.78 is 0. The molecule has 0 spiro atoms. The van der Waals surface area contributed by atoms with Gasteiger partial charge in [0.15, 0.2) is 0 Å². The van der Waals surface area contributed by atoms with E-state index in [-0.39, 0.29) is 0 Å². The average Bonchev–Trinajstić information content (AvgIpc) is 3.27. The highest BCUT2D eigenvalue weighted by molar-refractivity contribution is 5.86. The summed E-state index contributed by atoms with van der Waals surface area (Å²) in [6.45, 7) is 0. The van der Waals surface area contributed by atoms with E-state index in [4.69, 9.17) is 9.98 Å². The van der Waals surface area contributed by atoms with Crippen LogP contribution in [0.3, 0.4) is 0 Å². The highest BCUT2D eigenvalue weighted by atomic mass is 14.8. The molecule has 3 heterocycles. The standard InChI is InChI=1S/C18H10N2.C5H5N/c1-3-7-14-11(5-1)12-9-10-16-17(18(12)20-14)13-6-2-4-8-15(13)19-16;1-2-4-6-5-3-1/h1-10H;1-5H. The van der Waals surface area contributed by atoms with E-state index < -0.39 is 0 Å². The molecule has 0 N–H and O–H groups in total. The topological polar surface area (TPSA) is 37.6 Å². The number of hydrogen-bond acceptors (Lipinski definition) is 3. The number of para-hydroxylation sites is 2. The molecule has 3 heteroatoms. The molecular weight excluding hydrogens is 318 g/mol. The minimum absolute atomic E-state index is 1.03. The predicted octanol–water partition coefficient (Wildman–Crippen LogP) is 4.25. The molecule has 0 saturated carbocycles. The number of hydrogen-bond donors (Lipinski definition) is 0. The Morgan fingerprint density at radius 3 is 2.15 bits per heavy atom. The Bertz CT molecular complexity index is 1300. The number of benzene rings is 3.